The van der Waals surface area contributed by atoms with Gasteiger partial charge in [-0.25, -0.2) is 0 Å². The van der Waals surface area contributed by atoms with Crippen LogP contribution in [0.4, 0.5) is 0 Å². The van der Waals surface area contributed by atoms with Crippen molar-refractivity contribution in [2.75, 3.05) is 0 Å². The molecule has 0 aliphatic carbocycles. The normalized spacial score (nSPS) is 11.9. The molecule has 0 aliphatic heterocycles. The number of hydrogen-bond donors (Lipinski definition) is 1. The topological polar surface area (TPSA) is 32.9 Å². The van der Waals surface area contributed by atoms with Crippen LogP contribution in [0.2, 0.25) is 0 Å². The predicted octanol–water partition coefficient (Wildman–Crippen LogP) is 1.73. The third kappa shape index (κ3) is 1.48. The van der Waals surface area contributed by atoms with E-state index in [1.54, 1.807) is 6.20 Å². The molecule has 2 nitrogen and oxygen atoms in total. The lowest BCUT2D eigenvalue weighted by Gasteiger charge is -2.13. The minimum Gasteiger partial charge on any atom is -0.319 e. The maximum Gasteiger partial charge on any atom is 0.304 e. The van der Waals surface area contributed by atoms with Gasteiger partial charge in [-0.15, -0.1) is 0 Å². The van der Waals surface area contributed by atoms with Crippen LogP contribution in [0.5, 0.6) is 0 Å². The van der Waals surface area contributed by atoms with Crippen LogP contribution in [0, 0.1) is 0 Å². The number of thiazole rings is 1. The second-order valence-corrected chi connectivity index (χ2v) is 4.31. The van der Waals surface area contributed by atoms with Gasteiger partial charge in [0.2, 0.25) is 0 Å². The fraction of sp³-hybridized carbons (Fsp3) is 0.571. The molecule has 0 spiro atoms. The summed E-state index contributed by atoms with van der Waals surface area (Å²) in [6.07, 6.45) is 1.78. The van der Waals surface area contributed by atoms with Crippen LogP contribution in [0.25, 0.3) is 0 Å². The lowest BCUT2D eigenvalue weighted by molar-refractivity contribution is 0.602. The van der Waals surface area contributed by atoms with Crippen LogP contribution >= 0.6 is 11.3 Å². The fourth-order valence-corrected chi connectivity index (χ4v) is 1.39. The van der Waals surface area contributed by atoms with Gasteiger partial charge < -0.3 is 4.98 Å². The largest absolute Gasteiger partial charge is 0.319 e. The van der Waals surface area contributed by atoms with E-state index in [0.717, 1.165) is 4.88 Å². The number of rotatable bonds is 0. The molecule has 10 heavy (non-hydrogen) atoms. The maximum absolute atomic E-state index is 10.7. The summed E-state index contributed by atoms with van der Waals surface area (Å²) in [6.45, 7) is 6.27. The smallest absolute Gasteiger partial charge is 0.304 e. The third-order valence-electron chi connectivity index (χ3n) is 1.26. The van der Waals surface area contributed by atoms with Gasteiger partial charge in [-0.2, -0.15) is 0 Å². The van der Waals surface area contributed by atoms with Crippen molar-refractivity contribution in [3.63, 3.8) is 0 Å². The summed E-state index contributed by atoms with van der Waals surface area (Å²) in [6, 6.07) is 0. The van der Waals surface area contributed by atoms with Gasteiger partial charge in [0, 0.05) is 11.1 Å². The van der Waals surface area contributed by atoms with Gasteiger partial charge in [0.1, 0.15) is 0 Å². The highest BCUT2D eigenvalue weighted by Gasteiger charge is 2.15. The standard InChI is InChI=1S/C7H11NOS/c1-7(2,3)5-4-8-6(9)10-5/h4H,1-3H3,(H,8,9). The van der Waals surface area contributed by atoms with Gasteiger partial charge in [0.25, 0.3) is 0 Å². The van der Waals surface area contributed by atoms with Crippen molar-refractivity contribution >= 4 is 11.3 Å². The van der Waals surface area contributed by atoms with Gasteiger partial charge >= 0.3 is 4.87 Å². The van der Waals surface area contributed by atoms with Crippen LogP contribution in [0.15, 0.2) is 11.0 Å². The number of nitrogens with one attached hydrogen (secondary N) is 1. The van der Waals surface area contributed by atoms with Gasteiger partial charge in [-0.05, 0) is 5.41 Å². The molecule has 0 unspecified atom stereocenters. The second-order valence-electron chi connectivity index (χ2n) is 3.29. The predicted molar refractivity (Wildman–Crippen MR) is 43.6 cm³/mol. The lowest BCUT2D eigenvalue weighted by Crippen LogP contribution is -2.08. The average Bonchev–Trinajstić information content (AvgIpc) is 2.11. The summed E-state index contributed by atoms with van der Waals surface area (Å²) in [5, 5.41) is 0. The molecule has 0 aromatic carbocycles. The van der Waals surface area contributed by atoms with Crippen molar-refractivity contribution < 1.29 is 0 Å². The van der Waals surface area contributed by atoms with Crippen LogP contribution < -0.4 is 4.87 Å². The summed E-state index contributed by atoms with van der Waals surface area (Å²) in [5.41, 5.74) is 0.101. The Morgan fingerprint density at radius 3 is 2.30 bits per heavy atom. The Bertz CT molecular complexity index is 266. The van der Waals surface area contributed by atoms with Gasteiger partial charge in [-0.3, -0.25) is 4.79 Å². The summed E-state index contributed by atoms with van der Waals surface area (Å²) in [7, 11) is 0. The highest BCUT2D eigenvalue weighted by molar-refractivity contribution is 7.09. The number of hydrogen-bond acceptors (Lipinski definition) is 2. The van der Waals surface area contributed by atoms with E-state index in [-0.39, 0.29) is 10.3 Å². The molecule has 0 saturated carbocycles. The molecule has 0 radical (unpaired) electrons. The Hall–Kier alpha value is -0.570. The quantitative estimate of drug-likeness (QED) is 0.611. The molecule has 1 heterocycles. The molecule has 0 amide bonds. The first-order chi connectivity index (χ1) is 4.50. The molecule has 1 rings (SSSR count). The van der Waals surface area contributed by atoms with E-state index in [1.807, 2.05) is 0 Å². The molecule has 56 valence electrons. The van der Waals surface area contributed by atoms with E-state index in [9.17, 15) is 4.79 Å². The lowest BCUT2D eigenvalue weighted by atomic mass is 9.96. The molecule has 1 aromatic rings. The SMILES string of the molecule is CC(C)(C)c1c[nH]c(=O)s1. The Kier molecular flexibility index (Phi) is 1.68. The summed E-state index contributed by atoms with van der Waals surface area (Å²) >= 11 is 1.28. The van der Waals surface area contributed by atoms with E-state index < -0.39 is 0 Å². The van der Waals surface area contributed by atoms with Gasteiger partial charge in [-0.1, -0.05) is 32.1 Å². The second kappa shape index (κ2) is 2.23. The molecule has 0 bridgehead atoms. The number of aromatic nitrogens is 1. The zero-order valence-electron chi connectivity index (χ0n) is 6.39. The minimum absolute atomic E-state index is 0.0323. The average molecular weight is 157 g/mol. The molecule has 0 aliphatic rings. The van der Waals surface area contributed by atoms with E-state index in [0.29, 0.717) is 0 Å². The molecule has 1 N–H and O–H groups in total. The summed E-state index contributed by atoms with van der Waals surface area (Å²) in [5.74, 6) is 0. The van der Waals surface area contributed by atoms with Crippen molar-refractivity contribution in [2.45, 2.75) is 26.2 Å². The highest BCUT2D eigenvalue weighted by Crippen LogP contribution is 2.22. The zero-order chi connectivity index (χ0) is 7.78. The fourth-order valence-electron chi connectivity index (χ4n) is 0.653. The Morgan fingerprint density at radius 1 is 1.50 bits per heavy atom. The van der Waals surface area contributed by atoms with Crippen molar-refractivity contribution in [1.29, 1.82) is 0 Å². The van der Waals surface area contributed by atoms with E-state index in [2.05, 4.69) is 25.8 Å². The summed E-state index contributed by atoms with van der Waals surface area (Å²) in [4.78, 5) is 14.5. The van der Waals surface area contributed by atoms with Crippen LogP contribution in [-0.4, -0.2) is 4.98 Å². The molecule has 0 saturated heterocycles. The number of aromatic amines is 1. The minimum atomic E-state index is 0.0323. The molecule has 1 aromatic heterocycles. The van der Waals surface area contributed by atoms with E-state index in [1.165, 1.54) is 11.3 Å². The Labute approximate surface area is 63.9 Å². The Morgan fingerprint density at radius 2 is 2.10 bits per heavy atom. The first-order valence-corrected chi connectivity index (χ1v) is 4.01. The van der Waals surface area contributed by atoms with Gasteiger partial charge in [0.15, 0.2) is 0 Å². The van der Waals surface area contributed by atoms with Crippen molar-refractivity contribution in [1.82, 2.24) is 4.98 Å². The van der Waals surface area contributed by atoms with E-state index >= 15 is 0 Å². The molecular formula is C7H11NOS. The Balaban J connectivity index is 3.07. The zero-order valence-corrected chi connectivity index (χ0v) is 7.21. The molecule has 0 atom stereocenters. The monoisotopic (exact) mass is 157 g/mol. The highest BCUT2D eigenvalue weighted by atomic mass is 32.1. The van der Waals surface area contributed by atoms with Gasteiger partial charge in [0.05, 0.1) is 0 Å². The molecular weight excluding hydrogens is 146 g/mol. The molecule has 3 heteroatoms. The van der Waals surface area contributed by atoms with Crippen molar-refractivity contribution in [3.8, 4) is 0 Å². The first kappa shape index (κ1) is 7.54. The number of H-pyrrole nitrogens is 1. The third-order valence-corrected chi connectivity index (χ3v) is 2.52. The van der Waals surface area contributed by atoms with E-state index in [4.69, 9.17) is 0 Å². The van der Waals surface area contributed by atoms with Crippen LogP contribution in [0.3, 0.4) is 0 Å². The molecule has 0 fully saturated rings. The van der Waals surface area contributed by atoms with Crippen LogP contribution in [0.1, 0.15) is 25.6 Å². The van der Waals surface area contributed by atoms with Crippen molar-refractivity contribution in [3.05, 3.63) is 20.7 Å². The maximum atomic E-state index is 10.7. The van der Waals surface area contributed by atoms with Crippen LogP contribution in [-0.2, 0) is 5.41 Å². The summed E-state index contributed by atoms with van der Waals surface area (Å²) < 4.78 is 0. The first-order valence-electron chi connectivity index (χ1n) is 3.19. The van der Waals surface area contributed by atoms with Crippen molar-refractivity contribution in [2.24, 2.45) is 0 Å².